The number of likely N-dealkylation sites (N-methyl/N-ethyl adjacent to an activating group) is 1. The van der Waals surface area contributed by atoms with Crippen molar-refractivity contribution in [3.8, 4) is 0 Å². The number of hydrogen-bond acceptors (Lipinski definition) is 3. The number of carboxylic acids is 1. The normalized spacial score (nSPS) is 17.2. The molecule has 0 bridgehead atoms. The molecule has 6 heteroatoms. The first-order valence-corrected chi connectivity index (χ1v) is 7.18. The standard InChI is InChI=1S/C14H26N2O4/c1-11(2)8-16(9-12(17)18)13(19)15(3)10-14(20)6-4-5-7-14/h11,20H,4-10H2,1-3H3,(H,17,18). The maximum Gasteiger partial charge on any atom is 0.323 e. The van der Waals surface area contributed by atoms with E-state index in [4.69, 9.17) is 5.11 Å². The lowest BCUT2D eigenvalue weighted by atomic mass is 10.0. The summed E-state index contributed by atoms with van der Waals surface area (Å²) < 4.78 is 0. The Balaban J connectivity index is 2.64. The van der Waals surface area contributed by atoms with Crippen LogP contribution < -0.4 is 0 Å². The number of hydrogen-bond donors (Lipinski definition) is 2. The van der Waals surface area contributed by atoms with Crippen molar-refractivity contribution in [1.82, 2.24) is 9.80 Å². The van der Waals surface area contributed by atoms with Crippen molar-refractivity contribution < 1.29 is 19.8 Å². The van der Waals surface area contributed by atoms with Gasteiger partial charge in [-0.1, -0.05) is 26.7 Å². The lowest BCUT2D eigenvalue weighted by molar-refractivity contribution is -0.137. The van der Waals surface area contributed by atoms with Crippen LogP contribution in [0.1, 0.15) is 39.5 Å². The first kappa shape index (κ1) is 16.8. The highest BCUT2D eigenvalue weighted by Gasteiger charge is 2.34. The Kier molecular flexibility index (Phi) is 5.80. The van der Waals surface area contributed by atoms with E-state index in [1.165, 1.54) is 9.80 Å². The van der Waals surface area contributed by atoms with Gasteiger partial charge in [0.2, 0.25) is 0 Å². The second kappa shape index (κ2) is 6.92. The van der Waals surface area contributed by atoms with Crippen molar-refractivity contribution in [3.63, 3.8) is 0 Å². The molecular weight excluding hydrogens is 260 g/mol. The Morgan fingerprint density at radius 2 is 1.80 bits per heavy atom. The van der Waals surface area contributed by atoms with Gasteiger partial charge >= 0.3 is 12.0 Å². The minimum absolute atomic E-state index is 0.196. The summed E-state index contributed by atoms with van der Waals surface area (Å²) in [4.78, 5) is 26.0. The van der Waals surface area contributed by atoms with Gasteiger partial charge in [0.25, 0.3) is 0 Å². The van der Waals surface area contributed by atoms with Gasteiger partial charge in [-0.05, 0) is 18.8 Å². The van der Waals surface area contributed by atoms with Gasteiger partial charge in [0.1, 0.15) is 6.54 Å². The lowest BCUT2D eigenvalue weighted by Gasteiger charge is -2.33. The van der Waals surface area contributed by atoms with E-state index in [-0.39, 0.29) is 25.0 Å². The first-order chi connectivity index (χ1) is 9.23. The third-order valence-electron chi connectivity index (χ3n) is 3.57. The van der Waals surface area contributed by atoms with Gasteiger partial charge in [0, 0.05) is 13.6 Å². The average Bonchev–Trinajstić information content (AvgIpc) is 2.72. The number of aliphatic carboxylic acids is 1. The summed E-state index contributed by atoms with van der Waals surface area (Å²) in [6.07, 6.45) is 3.36. The van der Waals surface area contributed by atoms with Crippen LogP contribution in [0.15, 0.2) is 0 Å². The number of urea groups is 1. The highest BCUT2D eigenvalue weighted by atomic mass is 16.4. The van der Waals surface area contributed by atoms with E-state index in [9.17, 15) is 14.7 Å². The van der Waals surface area contributed by atoms with E-state index in [2.05, 4.69) is 0 Å². The average molecular weight is 286 g/mol. The second-order valence-electron chi connectivity index (χ2n) is 6.24. The van der Waals surface area contributed by atoms with E-state index in [0.717, 1.165) is 12.8 Å². The minimum atomic E-state index is -1.02. The zero-order valence-electron chi connectivity index (χ0n) is 12.6. The highest BCUT2D eigenvalue weighted by molar-refractivity contribution is 5.80. The number of nitrogens with zero attached hydrogens (tertiary/aromatic N) is 2. The van der Waals surface area contributed by atoms with Crippen LogP contribution in [-0.2, 0) is 4.79 Å². The number of carboxylic acid groups (broad SMARTS) is 1. The first-order valence-electron chi connectivity index (χ1n) is 7.18. The summed E-state index contributed by atoms with van der Waals surface area (Å²) in [5.41, 5.74) is -0.808. The van der Waals surface area contributed by atoms with E-state index >= 15 is 0 Å². The third-order valence-corrected chi connectivity index (χ3v) is 3.57. The molecule has 0 radical (unpaired) electrons. The molecule has 1 aliphatic carbocycles. The molecule has 0 aliphatic heterocycles. The van der Waals surface area contributed by atoms with Gasteiger partial charge in [-0.15, -0.1) is 0 Å². The van der Waals surface area contributed by atoms with Crippen LogP contribution in [-0.4, -0.2) is 64.3 Å². The summed E-state index contributed by atoms with van der Waals surface area (Å²) >= 11 is 0. The Labute approximate surface area is 120 Å². The Morgan fingerprint density at radius 3 is 2.25 bits per heavy atom. The molecule has 0 unspecified atom stereocenters. The van der Waals surface area contributed by atoms with Crippen molar-refractivity contribution in [1.29, 1.82) is 0 Å². The van der Waals surface area contributed by atoms with Crippen molar-refractivity contribution in [2.75, 3.05) is 26.7 Å². The lowest BCUT2D eigenvalue weighted by Crippen LogP contribution is -2.49. The fraction of sp³-hybridized carbons (Fsp3) is 0.857. The van der Waals surface area contributed by atoms with Gasteiger partial charge in [-0.2, -0.15) is 0 Å². The monoisotopic (exact) mass is 286 g/mol. The van der Waals surface area contributed by atoms with E-state index in [1.807, 2.05) is 13.8 Å². The third kappa shape index (κ3) is 5.00. The molecule has 0 aromatic rings. The largest absolute Gasteiger partial charge is 0.480 e. The maximum absolute atomic E-state index is 12.3. The van der Waals surface area contributed by atoms with Crippen molar-refractivity contribution in [3.05, 3.63) is 0 Å². The Hall–Kier alpha value is -1.30. The van der Waals surface area contributed by atoms with Crippen LogP contribution in [0.4, 0.5) is 4.79 Å². The molecular formula is C14H26N2O4. The smallest absolute Gasteiger partial charge is 0.323 e. The summed E-state index contributed by atoms with van der Waals surface area (Å²) in [6.45, 7) is 4.23. The molecule has 6 nitrogen and oxygen atoms in total. The summed E-state index contributed by atoms with van der Waals surface area (Å²) in [5.74, 6) is -0.826. The molecule has 1 saturated carbocycles. The molecule has 0 saturated heterocycles. The number of rotatable bonds is 6. The summed E-state index contributed by atoms with van der Waals surface area (Å²) in [5, 5.41) is 19.2. The van der Waals surface area contributed by atoms with Gasteiger partial charge in [-0.25, -0.2) is 4.79 Å². The molecule has 0 atom stereocenters. The van der Waals surface area contributed by atoms with Gasteiger partial charge < -0.3 is 20.0 Å². The molecule has 0 aromatic heterocycles. The topological polar surface area (TPSA) is 81.1 Å². The van der Waals surface area contributed by atoms with Crippen molar-refractivity contribution >= 4 is 12.0 Å². The fourth-order valence-electron chi connectivity index (χ4n) is 2.76. The second-order valence-corrected chi connectivity index (χ2v) is 6.24. The van der Waals surface area contributed by atoms with Crippen LogP contribution in [0.2, 0.25) is 0 Å². The predicted molar refractivity (Wildman–Crippen MR) is 75.5 cm³/mol. The Morgan fingerprint density at radius 1 is 1.25 bits per heavy atom. The molecule has 2 N–H and O–H groups in total. The predicted octanol–water partition coefficient (Wildman–Crippen LogP) is 1.39. The summed E-state index contributed by atoms with van der Waals surface area (Å²) in [6, 6.07) is -0.332. The zero-order chi connectivity index (χ0) is 15.3. The SMILES string of the molecule is CC(C)CN(CC(=O)O)C(=O)N(C)CC1(O)CCCC1. The number of aliphatic hydroxyl groups is 1. The molecule has 0 heterocycles. The Bertz CT molecular complexity index is 351. The van der Waals surface area contributed by atoms with Gasteiger partial charge in [0.05, 0.1) is 12.1 Å². The summed E-state index contributed by atoms with van der Waals surface area (Å²) in [7, 11) is 1.62. The van der Waals surface area contributed by atoms with Crippen LogP contribution >= 0.6 is 0 Å². The quantitative estimate of drug-likeness (QED) is 0.773. The van der Waals surface area contributed by atoms with Crippen LogP contribution in [0.5, 0.6) is 0 Å². The molecule has 1 rings (SSSR count). The molecule has 1 fully saturated rings. The highest BCUT2D eigenvalue weighted by Crippen LogP contribution is 2.30. The minimum Gasteiger partial charge on any atom is -0.480 e. The molecule has 20 heavy (non-hydrogen) atoms. The van der Waals surface area contributed by atoms with Gasteiger partial charge in [0.15, 0.2) is 0 Å². The molecule has 2 amide bonds. The fourth-order valence-corrected chi connectivity index (χ4v) is 2.76. The maximum atomic E-state index is 12.3. The van der Waals surface area contributed by atoms with E-state index in [0.29, 0.717) is 19.4 Å². The van der Waals surface area contributed by atoms with E-state index < -0.39 is 11.6 Å². The van der Waals surface area contributed by atoms with Crippen LogP contribution in [0.25, 0.3) is 0 Å². The van der Waals surface area contributed by atoms with Crippen LogP contribution in [0, 0.1) is 5.92 Å². The number of amides is 2. The zero-order valence-corrected chi connectivity index (χ0v) is 12.6. The number of carbonyl (C=O) groups excluding carboxylic acids is 1. The van der Waals surface area contributed by atoms with Crippen LogP contribution in [0.3, 0.4) is 0 Å². The van der Waals surface area contributed by atoms with E-state index in [1.54, 1.807) is 7.05 Å². The van der Waals surface area contributed by atoms with Crippen molar-refractivity contribution in [2.45, 2.75) is 45.1 Å². The molecule has 116 valence electrons. The molecule has 0 aromatic carbocycles. The van der Waals surface area contributed by atoms with Gasteiger partial charge in [-0.3, -0.25) is 4.79 Å². The van der Waals surface area contributed by atoms with Crippen molar-refractivity contribution in [2.24, 2.45) is 5.92 Å². The number of carbonyl (C=O) groups is 2. The molecule has 0 spiro atoms. The molecule has 1 aliphatic rings.